The molecule has 2 unspecified atom stereocenters. The molecular weight excluding hydrogens is 270 g/mol. The van der Waals surface area contributed by atoms with Crippen LogP contribution in [-0.2, 0) is 4.74 Å². The van der Waals surface area contributed by atoms with E-state index in [1.165, 1.54) is 0 Å². The van der Waals surface area contributed by atoms with E-state index in [-0.39, 0.29) is 18.2 Å². The van der Waals surface area contributed by atoms with E-state index in [4.69, 9.17) is 9.47 Å². The Kier molecular flexibility index (Phi) is 5.38. The fourth-order valence-corrected chi connectivity index (χ4v) is 2.42. The van der Waals surface area contributed by atoms with E-state index in [0.717, 1.165) is 12.0 Å². The molecule has 1 aliphatic heterocycles. The second-order valence-electron chi connectivity index (χ2n) is 5.14. The van der Waals surface area contributed by atoms with Gasteiger partial charge in [-0.05, 0) is 19.4 Å². The van der Waals surface area contributed by atoms with Gasteiger partial charge < -0.3 is 19.7 Å². The lowest BCUT2D eigenvalue weighted by molar-refractivity contribution is -0.0156. The third-order valence-corrected chi connectivity index (χ3v) is 3.72. The van der Waals surface area contributed by atoms with E-state index in [1.807, 2.05) is 17.9 Å². The molecular formula is C15H23N3O3. The molecule has 2 atom stereocenters. The number of amides is 2. The van der Waals surface area contributed by atoms with Crippen molar-refractivity contribution in [1.29, 1.82) is 0 Å². The van der Waals surface area contributed by atoms with E-state index < -0.39 is 0 Å². The van der Waals surface area contributed by atoms with Crippen LogP contribution in [0.5, 0.6) is 5.75 Å². The average molecular weight is 293 g/mol. The molecule has 0 aliphatic carbocycles. The Labute approximate surface area is 125 Å². The maximum absolute atomic E-state index is 12.3. The Morgan fingerprint density at radius 2 is 2.48 bits per heavy atom. The third-order valence-electron chi connectivity index (χ3n) is 3.72. The van der Waals surface area contributed by atoms with Gasteiger partial charge in [0.15, 0.2) is 0 Å². The summed E-state index contributed by atoms with van der Waals surface area (Å²) in [6, 6.07) is 1.65. The minimum atomic E-state index is -0.140. The summed E-state index contributed by atoms with van der Waals surface area (Å²) in [5, 5.41) is 3.01. The lowest BCUT2D eigenvalue weighted by Crippen LogP contribution is -2.49. The molecule has 21 heavy (non-hydrogen) atoms. The minimum Gasteiger partial charge on any atom is -0.495 e. The van der Waals surface area contributed by atoms with Crippen LogP contribution in [0.25, 0.3) is 0 Å². The lowest BCUT2D eigenvalue weighted by atomic mass is 10.1. The van der Waals surface area contributed by atoms with Crippen molar-refractivity contribution in [2.75, 3.05) is 26.8 Å². The van der Waals surface area contributed by atoms with Gasteiger partial charge in [0.25, 0.3) is 0 Å². The zero-order valence-corrected chi connectivity index (χ0v) is 12.8. The SMILES string of the molecule is CCC1CN(C(=O)NC(C)c2ccncc2OC)CCO1. The van der Waals surface area contributed by atoms with Gasteiger partial charge in [-0.1, -0.05) is 6.92 Å². The first-order valence-electron chi connectivity index (χ1n) is 7.30. The fourth-order valence-electron chi connectivity index (χ4n) is 2.42. The number of aromatic nitrogens is 1. The number of ether oxygens (including phenoxy) is 2. The average Bonchev–Trinajstić information content (AvgIpc) is 2.54. The van der Waals surface area contributed by atoms with E-state index in [1.54, 1.807) is 19.5 Å². The van der Waals surface area contributed by atoms with Crippen LogP contribution in [0.4, 0.5) is 4.79 Å². The van der Waals surface area contributed by atoms with Crippen LogP contribution in [0.15, 0.2) is 18.5 Å². The summed E-state index contributed by atoms with van der Waals surface area (Å²) in [5.74, 6) is 0.679. The molecule has 6 heteroatoms. The van der Waals surface area contributed by atoms with Crippen LogP contribution in [0.3, 0.4) is 0 Å². The highest BCUT2D eigenvalue weighted by Crippen LogP contribution is 2.23. The molecule has 1 N–H and O–H groups in total. The molecule has 0 radical (unpaired) electrons. The number of pyridine rings is 1. The van der Waals surface area contributed by atoms with Crippen LogP contribution in [-0.4, -0.2) is 48.8 Å². The first-order chi connectivity index (χ1) is 10.2. The quantitative estimate of drug-likeness (QED) is 0.922. The monoisotopic (exact) mass is 293 g/mol. The molecule has 1 aromatic rings. The molecule has 116 valence electrons. The second-order valence-corrected chi connectivity index (χ2v) is 5.14. The summed E-state index contributed by atoms with van der Waals surface area (Å²) in [6.45, 7) is 5.87. The van der Waals surface area contributed by atoms with Crippen LogP contribution >= 0.6 is 0 Å². The van der Waals surface area contributed by atoms with Gasteiger partial charge in [0.05, 0.1) is 32.1 Å². The number of methoxy groups -OCH3 is 1. The molecule has 0 saturated carbocycles. The van der Waals surface area contributed by atoms with Crippen molar-refractivity contribution in [2.45, 2.75) is 32.4 Å². The van der Waals surface area contributed by atoms with Crippen molar-refractivity contribution in [3.8, 4) is 5.75 Å². The van der Waals surface area contributed by atoms with Crippen LogP contribution in [0.1, 0.15) is 31.9 Å². The number of urea groups is 1. The first-order valence-corrected chi connectivity index (χ1v) is 7.30. The molecule has 0 aromatic carbocycles. The smallest absolute Gasteiger partial charge is 0.318 e. The minimum absolute atomic E-state index is 0.0666. The summed E-state index contributed by atoms with van der Waals surface area (Å²) in [5.41, 5.74) is 0.918. The molecule has 1 saturated heterocycles. The summed E-state index contributed by atoms with van der Waals surface area (Å²) in [4.78, 5) is 18.2. The number of hydrogen-bond acceptors (Lipinski definition) is 4. The van der Waals surface area contributed by atoms with Gasteiger partial charge in [0.2, 0.25) is 0 Å². The third kappa shape index (κ3) is 3.85. The summed E-state index contributed by atoms with van der Waals surface area (Å²) < 4.78 is 10.9. The summed E-state index contributed by atoms with van der Waals surface area (Å²) >= 11 is 0. The van der Waals surface area contributed by atoms with E-state index in [0.29, 0.717) is 25.4 Å². The van der Waals surface area contributed by atoms with Crippen LogP contribution < -0.4 is 10.1 Å². The topological polar surface area (TPSA) is 63.7 Å². The fraction of sp³-hybridized carbons (Fsp3) is 0.600. The normalized spacial score (nSPS) is 20.0. The van der Waals surface area contributed by atoms with Gasteiger partial charge >= 0.3 is 6.03 Å². The number of nitrogens with one attached hydrogen (secondary N) is 1. The summed E-state index contributed by atoms with van der Waals surface area (Å²) in [6.07, 6.45) is 4.40. The Bertz CT molecular complexity index is 481. The predicted octanol–water partition coefficient (Wildman–Crippen LogP) is 1.97. The molecule has 2 heterocycles. The lowest BCUT2D eigenvalue weighted by Gasteiger charge is -2.33. The maximum atomic E-state index is 12.3. The zero-order chi connectivity index (χ0) is 15.2. The van der Waals surface area contributed by atoms with Gasteiger partial charge in [-0.3, -0.25) is 4.98 Å². The van der Waals surface area contributed by atoms with Gasteiger partial charge in [0, 0.05) is 24.8 Å². The van der Waals surface area contributed by atoms with Crippen molar-refractivity contribution in [3.05, 3.63) is 24.0 Å². The van der Waals surface area contributed by atoms with Gasteiger partial charge in [-0.2, -0.15) is 0 Å². The highest BCUT2D eigenvalue weighted by atomic mass is 16.5. The highest BCUT2D eigenvalue weighted by Gasteiger charge is 2.24. The molecule has 2 amide bonds. The van der Waals surface area contributed by atoms with Crippen molar-refractivity contribution >= 4 is 6.03 Å². The van der Waals surface area contributed by atoms with Crippen molar-refractivity contribution < 1.29 is 14.3 Å². The number of hydrogen-bond donors (Lipinski definition) is 1. The maximum Gasteiger partial charge on any atom is 0.318 e. The van der Waals surface area contributed by atoms with Crippen molar-refractivity contribution in [1.82, 2.24) is 15.2 Å². The molecule has 6 nitrogen and oxygen atoms in total. The molecule has 0 spiro atoms. The molecule has 1 fully saturated rings. The van der Waals surface area contributed by atoms with Gasteiger partial charge in [-0.15, -0.1) is 0 Å². The van der Waals surface area contributed by atoms with Crippen LogP contribution in [0.2, 0.25) is 0 Å². The number of rotatable bonds is 4. The van der Waals surface area contributed by atoms with Crippen molar-refractivity contribution in [3.63, 3.8) is 0 Å². The van der Waals surface area contributed by atoms with Crippen molar-refractivity contribution in [2.24, 2.45) is 0 Å². The number of carbonyl (C=O) groups excluding carboxylic acids is 1. The highest BCUT2D eigenvalue weighted by molar-refractivity contribution is 5.75. The van der Waals surface area contributed by atoms with E-state index in [9.17, 15) is 4.79 Å². The predicted molar refractivity (Wildman–Crippen MR) is 79.3 cm³/mol. The summed E-state index contributed by atoms with van der Waals surface area (Å²) in [7, 11) is 1.60. The molecule has 2 rings (SSSR count). The number of morpholine rings is 1. The number of carbonyl (C=O) groups is 1. The Balaban J connectivity index is 1.98. The molecule has 0 bridgehead atoms. The largest absolute Gasteiger partial charge is 0.495 e. The molecule has 1 aliphatic rings. The second kappa shape index (κ2) is 7.26. The zero-order valence-electron chi connectivity index (χ0n) is 12.8. The Morgan fingerprint density at radius 3 is 3.19 bits per heavy atom. The van der Waals surface area contributed by atoms with E-state index in [2.05, 4.69) is 17.2 Å². The Hall–Kier alpha value is -1.82. The van der Waals surface area contributed by atoms with E-state index >= 15 is 0 Å². The van der Waals surface area contributed by atoms with Gasteiger partial charge in [-0.25, -0.2) is 4.79 Å². The molecule has 1 aromatic heterocycles. The standard InChI is InChI=1S/C15H23N3O3/c1-4-12-10-18(7-8-21-12)15(19)17-11(2)13-5-6-16-9-14(13)20-3/h5-6,9,11-12H,4,7-8,10H2,1-3H3,(H,17,19). The van der Waals surface area contributed by atoms with Gasteiger partial charge in [0.1, 0.15) is 5.75 Å². The Morgan fingerprint density at radius 1 is 1.67 bits per heavy atom. The first kappa shape index (κ1) is 15.6. The number of nitrogens with zero attached hydrogens (tertiary/aromatic N) is 2. The van der Waals surface area contributed by atoms with Crippen LogP contribution in [0, 0.1) is 0 Å².